The fraction of sp³-hybridized carbons (Fsp3) is 0.167. The van der Waals surface area contributed by atoms with Crippen LogP contribution in [-0.4, -0.2) is 24.3 Å². The molecule has 0 fully saturated rings. The molecule has 1 aromatic carbocycles. The van der Waals surface area contributed by atoms with Crippen LogP contribution in [-0.2, 0) is 23.1 Å². The monoisotopic (exact) mass is 420 g/mol. The Morgan fingerprint density at radius 2 is 1.89 bits per heavy atom. The molecular weight excluding hydrogens is 403 g/mol. The molecule has 0 unspecified atom stereocenters. The van der Waals surface area contributed by atoms with Crippen molar-refractivity contribution in [3.63, 3.8) is 0 Å². The van der Waals surface area contributed by atoms with Gasteiger partial charge >= 0.3 is 0 Å². The minimum atomic E-state index is -3.99. The normalized spacial score (nSPS) is 11.4. The summed E-state index contributed by atoms with van der Waals surface area (Å²) in [5.41, 5.74) is 0.747. The molecule has 2 aromatic heterocycles. The van der Waals surface area contributed by atoms with E-state index in [0.29, 0.717) is 12.1 Å². The summed E-state index contributed by atoms with van der Waals surface area (Å²) in [7, 11) is -3.99. The Hall–Kier alpha value is -2.69. The van der Waals surface area contributed by atoms with E-state index in [1.165, 1.54) is 41.8 Å². The first-order chi connectivity index (χ1) is 13.3. The number of pyridine rings is 1. The molecule has 10 heteroatoms. The maximum atomic E-state index is 13.7. The molecule has 0 atom stereocenters. The van der Waals surface area contributed by atoms with Crippen LogP contribution < -0.4 is 10.0 Å². The Bertz CT molecular complexity index is 1080. The van der Waals surface area contributed by atoms with E-state index >= 15 is 0 Å². The van der Waals surface area contributed by atoms with Gasteiger partial charge in [-0.15, -0.1) is 11.3 Å². The van der Waals surface area contributed by atoms with Gasteiger partial charge in [-0.2, -0.15) is 0 Å². The van der Waals surface area contributed by atoms with Crippen LogP contribution in [0.1, 0.15) is 25.9 Å². The number of nitrogens with one attached hydrogen (secondary N) is 2. The van der Waals surface area contributed by atoms with Gasteiger partial charge in [-0.3, -0.25) is 9.78 Å². The van der Waals surface area contributed by atoms with Crippen molar-refractivity contribution in [1.29, 1.82) is 0 Å². The van der Waals surface area contributed by atoms with Crippen LogP contribution in [0.5, 0.6) is 0 Å². The third kappa shape index (κ3) is 4.97. The highest BCUT2D eigenvalue weighted by Crippen LogP contribution is 2.14. The number of carbonyl (C=O) groups excluding carboxylic acids is 1. The predicted molar refractivity (Wildman–Crippen MR) is 103 cm³/mol. The number of halogens is 1. The van der Waals surface area contributed by atoms with E-state index in [1.807, 2.05) is 6.92 Å². The average molecular weight is 420 g/mol. The van der Waals surface area contributed by atoms with Gasteiger partial charge in [0.1, 0.15) is 16.4 Å². The minimum absolute atomic E-state index is 0.0777. The van der Waals surface area contributed by atoms with E-state index < -0.39 is 20.7 Å². The number of hydrogen-bond donors (Lipinski definition) is 2. The minimum Gasteiger partial charge on any atom is -0.346 e. The Kier molecular flexibility index (Phi) is 6.12. The number of aryl methyl sites for hydroxylation is 1. The Labute approximate surface area is 165 Å². The highest BCUT2D eigenvalue weighted by atomic mass is 32.2. The Morgan fingerprint density at radius 3 is 2.54 bits per heavy atom. The first kappa shape index (κ1) is 20.1. The second kappa shape index (κ2) is 8.55. The summed E-state index contributed by atoms with van der Waals surface area (Å²) < 4.78 is 40.4. The molecule has 3 aromatic rings. The zero-order chi connectivity index (χ0) is 20.1. The van der Waals surface area contributed by atoms with Crippen molar-refractivity contribution in [3.8, 4) is 0 Å². The van der Waals surface area contributed by atoms with E-state index in [9.17, 15) is 17.6 Å². The van der Waals surface area contributed by atoms with E-state index in [2.05, 4.69) is 20.0 Å². The summed E-state index contributed by atoms with van der Waals surface area (Å²) in [4.78, 5) is 20.8. The summed E-state index contributed by atoms with van der Waals surface area (Å²) in [5.74, 6) is -1.17. The first-order valence-corrected chi connectivity index (χ1v) is 10.5. The van der Waals surface area contributed by atoms with Gasteiger partial charge in [0.2, 0.25) is 10.0 Å². The summed E-state index contributed by atoms with van der Waals surface area (Å²) in [5, 5.41) is 3.67. The van der Waals surface area contributed by atoms with E-state index in [0.717, 1.165) is 16.0 Å². The summed E-state index contributed by atoms with van der Waals surface area (Å²) in [6.45, 7) is 2.17. The van der Waals surface area contributed by atoms with Crippen LogP contribution in [0.3, 0.4) is 0 Å². The molecule has 0 radical (unpaired) electrons. The molecule has 2 heterocycles. The summed E-state index contributed by atoms with van der Waals surface area (Å²) >= 11 is 1.50. The van der Waals surface area contributed by atoms with Crippen molar-refractivity contribution in [2.75, 3.05) is 0 Å². The summed E-state index contributed by atoms with van der Waals surface area (Å²) in [6, 6.07) is 8.21. The lowest BCUT2D eigenvalue weighted by Crippen LogP contribution is -2.25. The third-order valence-electron chi connectivity index (χ3n) is 3.74. The molecule has 0 saturated carbocycles. The van der Waals surface area contributed by atoms with Gasteiger partial charge < -0.3 is 5.32 Å². The smallest absolute Gasteiger partial charge is 0.270 e. The standard InChI is InChI=1S/C18H17FN4O3S2/c1-12-20-10-14(27-12)11-22-18(24)16-7-6-13(8-21-16)9-23-28(25,26)17-5-3-2-4-15(17)19/h2-8,10,23H,9,11H2,1H3,(H,22,24). The van der Waals surface area contributed by atoms with Gasteiger partial charge in [-0.1, -0.05) is 18.2 Å². The van der Waals surface area contributed by atoms with Crippen LogP contribution in [0.25, 0.3) is 0 Å². The Balaban J connectivity index is 1.58. The van der Waals surface area contributed by atoms with Crippen LogP contribution in [0, 0.1) is 12.7 Å². The molecule has 7 nitrogen and oxygen atoms in total. The van der Waals surface area contributed by atoms with Crippen molar-refractivity contribution in [2.24, 2.45) is 0 Å². The molecular formula is C18H17FN4O3S2. The van der Waals surface area contributed by atoms with E-state index in [1.54, 1.807) is 12.3 Å². The van der Waals surface area contributed by atoms with Crippen LogP contribution in [0.4, 0.5) is 4.39 Å². The third-order valence-corrected chi connectivity index (χ3v) is 6.09. The molecule has 0 spiro atoms. The lowest BCUT2D eigenvalue weighted by molar-refractivity contribution is 0.0946. The number of sulfonamides is 1. The van der Waals surface area contributed by atoms with Crippen molar-refractivity contribution in [2.45, 2.75) is 24.9 Å². The highest BCUT2D eigenvalue weighted by molar-refractivity contribution is 7.89. The van der Waals surface area contributed by atoms with Gasteiger partial charge in [0.05, 0.1) is 11.6 Å². The number of benzene rings is 1. The summed E-state index contributed by atoms with van der Waals surface area (Å²) in [6.07, 6.45) is 3.11. The average Bonchev–Trinajstić information content (AvgIpc) is 3.10. The van der Waals surface area contributed by atoms with Gasteiger partial charge in [0, 0.05) is 23.8 Å². The highest BCUT2D eigenvalue weighted by Gasteiger charge is 2.18. The topological polar surface area (TPSA) is 101 Å². The molecule has 0 saturated heterocycles. The zero-order valence-corrected chi connectivity index (χ0v) is 16.5. The molecule has 1 amide bonds. The van der Waals surface area contributed by atoms with Gasteiger partial charge in [-0.25, -0.2) is 22.5 Å². The fourth-order valence-corrected chi connectivity index (χ4v) is 4.16. The molecule has 2 N–H and O–H groups in total. The second-order valence-electron chi connectivity index (χ2n) is 5.83. The number of nitrogens with zero attached hydrogens (tertiary/aromatic N) is 2. The van der Waals surface area contributed by atoms with Crippen LogP contribution in [0.2, 0.25) is 0 Å². The van der Waals surface area contributed by atoms with Crippen molar-refractivity contribution < 1.29 is 17.6 Å². The predicted octanol–water partition coefficient (Wildman–Crippen LogP) is 2.39. The first-order valence-electron chi connectivity index (χ1n) is 8.24. The lowest BCUT2D eigenvalue weighted by atomic mass is 10.2. The van der Waals surface area contributed by atoms with Gasteiger partial charge in [-0.05, 0) is 30.7 Å². The quantitative estimate of drug-likeness (QED) is 0.611. The van der Waals surface area contributed by atoms with Crippen molar-refractivity contribution >= 4 is 27.3 Å². The second-order valence-corrected chi connectivity index (χ2v) is 8.89. The largest absolute Gasteiger partial charge is 0.346 e. The molecule has 0 aliphatic rings. The number of hydrogen-bond acceptors (Lipinski definition) is 6. The number of thiazole rings is 1. The van der Waals surface area contributed by atoms with Gasteiger partial charge in [0.15, 0.2) is 0 Å². The Morgan fingerprint density at radius 1 is 1.11 bits per heavy atom. The maximum absolute atomic E-state index is 13.7. The van der Waals surface area contributed by atoms with Crippen molar-refractivity contribution in [1.82, 2.24) is 20.0 Å². The zero-order valence-electron chi connectivity index (χ0n) is 14.8. The number of rotatable bonds is 7. The molecule has 0 aliphatic heterocycles. The molecule has 146 valence electrons. The molecule has 3 rings (SSSR count). The van der Waals surface area contributed by atoms with Crippen LogP contribution in [0.15, 0.2) is 53.7 Å². The van der Waals surface area contributed by atoms with E-state index in [4.69, 9.17) is 0 Å². The fourth-order valence-electron chi connectivity index (χ4n) is 2.33. The lowest BCUT2D eigenvalue weighted by Gasteiger charge is -2.08. The van der Waals surface area contributed by atoms with Gasteiger partial charge in [0.25, 0.3) is 5.91 Å². The molecule has 0 bridgehead atoms. The van der Waals surface area contributed by atoms with E-state index in [-0.39, 0.29) is 18.1 Å². The van der Waals surface area contributed by atoms with Crippen molar-refractivity contribution in [3.05, 3.63) is 75.8 Å². The maximum Gasteiger partial charge on any atom is 0.270 e. The number of amides is 1. The molecule has 0 aliphatic carbocycles. The number of carbonyl (C=O) groups is 1. The van der Waals surface area contributed by atoms with Crippen LogP contribution >= 0.6 is 11.3 Å². The SMILES string of the molecule is Cc1ncc(CNC(=O)c2ccc(CNS(=O)(=O)c3ccccc3F)cn2)s1. The number of aromatic nitrogens is 2. The molecule has 28 heavy (non-hydrogen) atoms.